The van der Waals surface area contributed by atoms with Gasteiger partial charge in [-0.25, -0.2) is 0 Å². The van der Waals surface area contributed by atoms with Crippen molar-refractivity contribution >= 4 is 11.6 Å². The second-order valence-electron chi connectivity index (χ2n) is 5.70. The van der Waals surface area contributed by atoms with E-state index in [1.54, 1.807) is 7.11 Å². The average Bonchev–Trinajstić information content (AvgIpc) is 2.28. The lowest BCUT2D eigenvalue weighted by Gasteiger charge is -2.24. The van der Waals surface area contributed by atoms with Crippen molar-refractivity contribution in [3.63, 3.8) is 0 Å². The van der Waals surface area contributed by atoms with Crippen LogP contribution in [-0.4, -0.2) is 7.11 Å². The Morgan fingerprint density at radius 3 is 2.56 bits per heavy atom. The Hall–Kier alpha value is -0.770. The molecule has 0 radical (unpaired) electrons. The third-order valence-corrected chi connectivity index (χ3v) is 3.19. The van der Waals surface area contributed by atoms with Crippen LogP contribution in [0.2, 0.25) is 5.02 Å². The predicted octanol–water partition coefficient (Wildman–Crippen LogP) is 3.68. The van der Waals surface area contributed by atoms with Gasteiger partial charge in [-0.3, -0.25) is 11.3 Å². The molecular weight excluding hydrogens is 248 g/mol. The molecule has 0 amide bonds. The first kappa shape index (κ1) is 15.3. The Morgan fingerprint density at radius 2 is 2.06 bits per heavy atom. The molecule has 0 aliphatic carbocycles. The van der Waals surface area contributed by atoms with Gasteiger partial charge in [0.1, 0.15) is 5.75 Å². The molecule has 0 aromatic heterocycles. The smallest absolute Gasteiger partial charge is 0.123 e. The molecule has 1 aromatic carbocycles. The summed E-state index contributed by atoms with van der Waals surface area (Å²) in [5.41, 5.74) is 4.14. The van der Waals surface area contributed by atoms with E-state index >= 15 is 0 Å². The van der Waals surface area contributed by atoms with Crippen molar-refractivity contribution in [3.05, 3.63) is 28.8 Å². The summed E-state index contributed by atoms with van der Waals surface area (Å²) in [7, 11) is 1.66. The predicted molar refractivity (Wildman–Crippen MR) is 76.8 cm³/mol. The number of rotatable bonds is 5. The van der Waals surface area contributed by atoms with Crippen LogP contribution < -0.4 is 16.0 Å². The van der Waals surface area contributed by atoms with Crippen LogP contribution in [0.25, 0.3) is 0 Å². The van der Waals surface area contributed by atoms with Crippen molar-refractivity contribution in [3.8, 4) is 5.75 Å². The summed E-state index contributed by atoms with van der Waals surface area (Å²) in [6.07, 6.45) is 2.01. The third kappa shape index (κ3) is 4.48. The van der Waals surface area contributed by atoms with Crippen LogP contribution in [0.15, 0.2) is 18.2 Å². The van der Waals surface area contributed by atoms with Gasteiger partial charge in [0, 0.05) is 16.6 Å². The molecular formula is C14H23ClN2O. The fourth-order valence-corrected chi connectivity index (χ4v) is 2.06. The van der Waals surface area contributed by atoms with Crippen LogP contribution in [-0.2, 0) is 0 Å². The van der Waals surface area contributed by atoms with Crippen LogP contribution in [0.4, 0.5) is 0 Å². The molecule has 1 unspecified atom stereocenters. The Morgan fingerprint density at radius 1 is 1.39 bits per heavy atom. The van der Waals surface area contributed by atoms with Crippen LogP contribution in [0, 0.1) is 5.41 Å². The number of methoxy groups -OCH3 is 1. The molecule has 18 heavy (non-hydrogen) atoms. The van der Waals surface area contributed by atoms with Gasteiger partial charge in [0.15, 0.2) is 0 Å². The van der Waals surface area contributed by atoms with Crippen molar-refractivity contribution in [2.75, 3.05) is 7.11 Å². The molecule has 0 fully saturated rings. The fraction of sp³-hybridized carbons (Fsp3) is 0.571. The molecule has 4 heteroatoms. The highest BCUT2D eigenvalue weighted by atomic mass is 35.5. The van der Waals surface area contributed by atoms with Crippen molar-refractivity contribution in [1.29, 1.82) is 0 Å². The molecule has 0 aliphatic rings. The van der Waals surface area contributed by atoms with Crippen LogP contribution in [0.3, 0.4) is 0 Å². The summed E-state index contributed by atoms with van der Waals surface area (Å²) in [6.45, 7) is 6.65. The lowest BCUT2D eigenvalue weighted by molar-refractivity contribution is 0.327. The van der Waals surface area contributed by atoms with E-state index in [1.807, 2.05) is 18.2 Å². The minimum absolute atomic E-state index is 0.0536. The van der Waals surface area contributed by atoms with Crippen molar-refractivity contribution < 1.29 is 4.74 Å². The summed E-state index contributed by atoms with van der Waals surface area (Å²) in [6, 6.07) is 5.66. The average molecular weight is 271 g/mol. The zero-order valence-electron chi connectivity index (χ0n) is 11.6. The molecule has 0 aliphatic heterocycles. The molecule has 3 N–H and O–H groups in total. The van der Waals surface area contributed by atoms with E-state index in [9.17, 15) is 0 Å². The van der Waals surface area contributed by atoms with Crippen LogP contribution in [0.1, 0.15) is 45.2 Å². The van der Waals surface area contributed by atoms with Gasteiger partial charge in [-0.05, 0) is 36.5 Å². The van der Waals surface area contributed by atoms with E-state index in [-0.39, 0.29) is 11.5 Å². The molecule has 1 aromatic rings. The van der Waals surface area contributed by atoms with E-state index in [0.29, 0.717) is 5.02 Å². The highest BCUT2D eigenvalue weighted by Gasteiger charge is 2.19. The number of nitrogens with two attached hydrogens (primary N) is 1. The number of benzene rings is 1. The van der Waals surface area contributed by atoms with Gasteiger partial charge < -0.3 is 4.74 Å². The molecule has 1 rings (SSSR count). The topological polar surface area (TPSA) is 47.3 Å². The normalized spacial score (nSPS) is 13.4. The summed E-state index contributed by atoms with van der Waals surface area (Å²) in [5, 5.41) is 0.696. The molecule has 3 nitrogen and oxygen atoms in total. The number of halogens is 1. The first-order chi connectivity index (χ1) is 8.37. The maximum Gasteiger partial charge on any atom is 0.123 e. The lowest BCUT2D eigenvalue weighted by atomic mass is 9.87. The highest BCUT2D eigenvalue weighted by Crippen LogP contribution is 2.33. The first-order valence-corrected chi connectivity index (χ1v) is 6.55. The quantitative estimate of drug-likeness (QED) is 0.634. The Labute approximate surface area is 115 Å². The van der Waals surface area contributed by atoms with Crippen molar-refractivity contribution in [2.24, 2.45) is 11.3 Å². The van der Waals surface area contributed by atoms with Gasteiger partial charge in [-0.1, -0.05) is 32.4 Å². The molecule has 0 saturated heterocycles. The number of hydrazine groups is 1. The van der Waals surface area contributed by atoms with E-state index in [1.165, 1.54) is 0 Å². The van der Waals surface area contributed by atoms with Crippen LogP contribution in [0.5, 0.6) is 5.75 Å². The number of nitrogens with one attached hydrogen (secondary N) is 1. The summed E-state index contributed by atoms with van der Waals surface area (Å²) in [5.74, 6) is 6.48. The van der Waals surface area contributed by atoms with Gasteiger partial charge in [0.2, 0.25) is 0 Å². The SMILES string of the molecule is COc1ccc(Cl)cc1C(CCC(C)(C)C)NN. The Kier molecular flexibility index (Phi) is 5.45. The van der Waals surface area contributed by atoms with E-state index < -0.39 is 0 Å². The molecule has 1 atom stereocenters. The van der Waals surface area contributed by atoms with Crippen molar-refractivity contribution in [1.82, 2.24) is 5.43 Å². The molecule has 0 bridgehead atoms. The monoisotopic (exact) mass is 270 g/mol. The molecule has 102 valence electrons. The van der Waals surface area contributed by atoms with Gasteiger partial charge in [-0.2, -0.15) is 0 Å². The van der Waals surface area contributed by atoms with E-state index in [0.717, 1.165) is 24.2 Å². The maximum absolute atomic E-state index is 6.04. The standard InChI is InChI=1S/C14H23ClN2O/c1-14(2,3)8-7-12(17-16)11-9-10(15)5-6-13(11)18-4/h5-6,9,12,17H,7-8,16H2,1-4H3. The minimum atomic E-state index is 0.0536. The third-order valence-electron chi connectivity index (χ3n) is 2.95. The highest BCUT2D eigenvalue weighted by molar-refractivity contribution is 6.30. The lowest BCUT2D eigenvalue weighted by Crippen LogP contribution is -2.29. The number of hydrogen-bond acceptors (Lipinski definition) is 3. The summed E-state index contributed by atoms with van der Waals surface area (Å²) in [4.78, 5) is 0. The number of hydrogen-bond donors (Lipinski definition) is 2. The van der Waals surface area contributed by atoms with Gasteiger partial charge in [0.05, 0.1) is 7.11 Å². The second-order valence-corrected chi connectivity index (χ2v) is 6.14. The molecule has 0 saturated carbocycles. The van der Waals surface area contributed by atoms with Gasteiger partial charge in [-0.15, -0.1) is 0 Å². The van der Waals surface area contributed by atoms with E-state index in [4.69, 9.17) is 22.2 Å². The Bertz CT molecular complexity index is 388. The minimum Gasteiger partial charge on any atom is -0.496 e. The maximum atomic E-state index is 6.04. The molecule has 0 spiro atoms. The fourth-order valence-electron chi connectivity index (χ4n) is 1.88. The van der Waals surface area contributed by atoms with Crippen molar-refractivity contribution in [2.45, 2.75) is 39.7 Å². The largest absolute Gasteiger partial charge is 0.496 e. The first-order valence-electron chi connectivity index (χ1n) is 6.17. The summed E-state index contributed by atoms with van der Waals surface area (Å²) >= 11 is 6.04. The van der Waals surface area contributed by atoms with Crippen LogP contribution >= 0.6 is 11.6 Å². The molecule has 0 heterocycles. The number of ether oxygens (including phenoxy) is 1. The zero-order valence-corrected chi connectivity index (χ0v) is 12.3. The second kappa shape index (κ2) is 6.41. The van der Waals surface area contributed by atoms with E-state index in [2.05, 4.69) is 26.2 Å². The zero-order chi connectivity index (χ0) is 13.8. The van der Waals surface area contributed by atoms with Gasteiger partial charge in [0.25, 0.3) is 0 Å². The van der Waals surface area contributed by atoms with Gasteiger partial charge >= 0.3 is 0 Å². The Balaban J connectivity index is 2.90. The summed E-state index contributed by atoms with van der Waals surface area (Å²) < 4.78 is 5.36.